The van der Waals surface area contributed by atoms with E-state index in [0.717, 1.165) is 24.5 Å². The minimum Gasteiger partial charge on any atom is -0.323 e. The van der Waals surface area contributed by atoms with E-state index in [0.29, 0.717) is 0 Å². The van der Waals surface area contributed by atoms with Crippen LogP contribution in [0.15, 0.2) is 24.4 Å². The topological polar surface area (TPSA) is 38.9 Å². The summed E-state index contributed by atoms with van der Waals surface area (Å²) < 4.78 is 0. The highest BCUT2D eigenvalue weighted by Gasteiger charge is 2.06. The van der Waals surface area contributed by atoms with Crippen LogP contribution in [0.1, 0.15) is 38.4 Å². The van der Waals surface area contributed by atoms with Gasteiger partial charge in [-0.3, -0.25) is 4.98 Å². The number of rotatable bonds is 4. The second kappa shape index (κ2) is 4.97. The predicted molar refractivity (Wildman–Crippen MR) is 55.2 cm³/mol. The van der Waals surface area contributed by atoms with E-state index in [1.54, 1.807) is 6.20 Å². The van der Waals surface area contributed by atoms with E-state index in [1.165, 1.54) is 0 Å². The highest BCUT2D eigenvalue weighted by atomic mass is 14.8. The van der Waals surface area contributed by atoms with Crippen molar-refractivity contribution in [2.24, 2.45) is 11.7 Å². The van der Waals surface area contributed by atoms with E-state index >= 15 is 0 Å². The highest BCUT2D eigenvalue weighted by Crippen LogP contribution is 2.15. The summed E-state index contributed by atoms with van der Waals surface area (Å²) in [5, 5.41) is 0. The molecular weight excluding hydrogens is 160 g/mol. The van der Waals surface area contributed by atoms with Gasteiger partial charge in [0.2, 0.25) is 0 Å². The SMILES string of the molecule is CC(C)CCC(N)c1ccccn1. The van der Waals surface area contributed by atoms with E-state index in [1.807, 2.05) is 18.2 Å². The lowest BCUT2D eigenvalue weighted by atomic mass is 10.0. The molecule has 1 rings (SSSR count). The first-order chi connectivity index (χ1) is 6.20. The van der Waals surface area contributed by atoms with Gasteiger partial charge in [0, 0.05) is 12.2 Å². The van der Waals surface area contributed by atoms with Crippen LogP contribution in [0.4, 0.5) is 0 Å². The fourth-order valence-corrected chi connectivity index (χ4v) is 1.26. The van der Waals surface area contributed by atoms with Gasteiger partial charge in [0.1, 0.15) is 0 Å². The van der Waals surface area contributed by atoms with Crippen molar-refractivity contribution in [3.05, 3.63) is 30.1 Å². The second-order valence-corrected chi connectivity index (χ2v) is 3.83. The van der Waals surface area contributed by atoms with E-state index < -0.39 is 0 Å². The Hall–Kier alpha value is -0.890. The third-order valence-corrected chi connectivity index (χ3v) is 2.12. The number of pyridine rings is 1. The minimum absolute atomic E-state index is 0.101. The summed E-state index contributed by atoms with van der Waals surface area (Å²) in [4.78, 5) is 4.23. The lowest BCUT2D eigenvalue weighted by Crippen LogP contribution is -2.12. The van der Waals surface area contributed by atoms with Gasteiger partial charge in [0.15, 0.2) is 0 Å². The standard InChI is InChI=1S/C11H18N2/c1-9(2)6-7-10(12)11-5-3-4-8-13-11/h3-5,8-10H,6-7,12H2,1-2H3. The maximum atomic E-state index is 5.98. The van der Waals surface area contributed by atoms with Crippen LogP contribution in [-0.2, 0) is 0 Å². The van der Waals surface area contributed by atoms with Crippen LogP contribution in [-0.4, -0.2) is 4.98 Å². The van der Waals surface area contributed by atoms with Crippen LogP contribution in [0, 0.1) is 5.92 Å². The number of hydrogen-bond donors (Lipinski definition) is 1. The Bertz CT molecular complexity index is 231. The van der Waals surface area contributed by atoms with Crippen LogP contribution < -0.4 is 5.73 Å². The monoisotopic (exact) mass is 178 g/mol. The van der Waals surface area contributed by atoms with E-state index in [2.05, 4.69) is 18.8 Å². The predicted octanol–water partition coefficient (Wildman–Crippen LogP) is 2.52. The molecule has 1 atom stereocenters. The molecule has 0 radical (unpaired) electrons. The molecule has 0 amide bonds. The van der Waals surface area contributed by atoms with E-state index in [-0.39, 0.29) is 6.04 Å². The van der Waals surface area contributed by atoms with Crippen LogP contribution in [0.2, 0.25) is 0 Å². The molecule has 0 aliphatic rings. The molecular formula is C11H18N2. The first-order valence-corrected chi connectivity index (χ1v) is 4.86. The van der Waals surface area contributed by atoms with Crippen molar-refractivity contribution >= 4 is 0 Å². The van der Waals surface area contributed by atoms with Crippen molar-refractivity contribution in [1.82, 2.24) is 4.98 Å². The molecule has 72 valence electrons. The summed E-state index contributed by atoms with van der Waals surface area (Å²) in [6.45, 7) is 4.43. The fourth-order valence-electron chi connectivity index (χ4n) is 1.26. The first-order valence-electron chi connectivity index (χ1n) is 4.86. The average molecular weight is 178 g/mol. The zero-order valence-corrected chi connectivity index (χ0v) is 8.40. The Morgan fingerprint density at radius 3 is 2.62 bits per heavy atom. The third kappa shape index (κ3) is 3.55. The second-order valence-electron chi connectivity index (χ2n) is 3.83. The molecule has 0 saturated carbocycles. The molecule has 0 spiro atoms. The normalized spacial score (nSPS) is 13.2. The molecule has 13 heavy (non-hydrogen) atoms. The van der Waals surface area contributed by atoms with Gasteiger partial charge < -0.3 is 5.73 Å². The summed E-state index contributed by atoms with van der Waals surface area (Å²) in [6.07, 6.45) is 3.98. The Balaban J connectivity index is 2.44. The Kier molecular flexibility index (Phi) is 3.90. The molecule has 0 aromatic carbocycles. The molecule has 2 N–H and O–H groups in total. The zero-order valence-electron chi connectivity index (χ0n) is 8.40. The summed E-state index contributed by atoms with van der Waals surface area (Å²) >= 11 is 0. The van der Waals surface area contributed by atoms with Crippen molar-refractivity contribution in [3.63, 3.8) is 0 Å². The van der Waals surface area contributed by atoms with Crippen LogP contribution >= 0.6 is 0 Å². The van der Waals surface area contributed by atoms with Gasteiger partial charge in [-0.1, -0.05) is 19.9 Å². The van der Waals surface area contributed by atoms with Crippen molar-refractivity contribution in [2.45, 2.75) is 32.7 Å². The maximum absolute atomic E-state index is 5.98. The summed E-state index contributed by atoms with van der Waals surface area (Å²) in [5.74, 6) is 0.717. The lowest BCUT2D eigenvalue weighted by molar-refractivity contribution is 0.501. The summed E-state index contributed by atoms with van der Waals surface area (Å²) in [5.41, 5.74) is 6.98. The van der Waals surface area contributed by atoms with E-state index in [9.17, 15) is 0 Å². The fraction of sp³-hybridized carbons (Fsp3) is 0.545. The molecule has 1 heterocycles. The molecule has 0 bridgehead atoms. The third-order valence-electron chi connectivity index (χ3n) is 2.12. The molecule has 2 nitrogen and oxygen atoms in total. The number of nitrogens with two attached hydrogens (primary N) is 1. The Morgan fingerprint density at radius 1 is 1.31 bits per heavy atom. The first kappa shape index (κ1) is 10.2. The maximum Gasteiger partial charge on any atom is 0.0570 e. The summed E-state index contributed by atoms with van der Waals surface area (Å²) in [7, 11) is 0. The van der Waals surface area contributed by atoms with Crippen LogP contribution in [0.5, 0.6) is 0 Å². The van der Waals surface area contributed by atoms with Gasteiger partial charge in [-0.25, -0.2) is 0 Å². The molecule has 1 unspecified atom stereocenters. The molecule has 0 aliphatic carbocycles. The molecule has 1 aromatic heterocycles. The van der Waals surface area contributed by atoms with Gasteiger partial charge in [0.25, 0.3) is 0 Å². The van der Waals surface area contributed by atoms with Crippen LogP contribution in [0.25, 0.3) is 0 Å². The lowest BCUT2D eigenvalue weighted by Gasteiger charge is -2.11. The molecule has 0 aliphatic heterocycles. The van der Waals surface area contributed by atoms with Gasteiger partial charge in [-0.2, -0.15) is 0 Å². The number of hydrogen-bond acceptors (Lipinski definition) is 2. The van der Waals surface area contributed by atoms with Crippen molar-refractivity contribution in [3.8, 4) is 0 Å². The molecule has 2 heteroatoms. The largest absolute Gasteiger partial charge is 0.323 e. The van der Waals surface area contributed by atoms with Crippen molar-refractivity contribution in [2.75, 3.05) is 0 Å². The summed E-state index contributed by atoms with van der Waals surface area (Å²) in [6, 6.07) is 5.99. The molecule has 1 aromatic rings. The quantitative estimate of drug-likeness (QED) is 0.769. The Labute approximate surface area is 80.2 Å². The zero-order chi connectivity index (χ0) is 9.68. The smallest absolute Gasteiger partial charge is 0.0570 e. The minimum atomic E-state index is 0.101. The van der Waals surface area contributed by atoms with Gasteiger partial charge in [-0.05, 0) is 30.9 Å². The van der Waals surface area contributed by atoms with Gasteiger partial charge in [-0.15, -0.1) is 0 Å². The molecule has 0 saturated heterocycles. The van der Waals surface area contributed by atoms with Crippen molar-refractivity contribution in [1.29, 1.82) is 0 Å². The Morgan fingerprint density at radius 2 is 2.08 bits per heavy atom. The molecule has 0 fully saturated rings. The number of aromatic nitrogens is 1. The highest BCUT2D eigenvalue weighted by molar-refractivity contribution is 5.07. The van der Waals surface area contributed by atoms with E-state index in [4.69, 9.17) is 5.73 Å². The van der Waals surface area contributed by atoms with Crippen LogP contribution in [0.3, 0.4) is 0 Å². The van der Waals surface area contributed by atoms with Crippen molar-refractivity contribution < 1.29 is 0 Å². The number of nitrogens with zero attached hydrogens (tertiary/aromatic N) is 1. The average Bonchev–Trinajstić information content (AvgIpc) is 2.15. The van der Waals surface area contributed by atoms with Gasteiger partial charge >= 0.3 is 0 Å². The van der Waals surface area contributed by atoms with Gasteiger partial charge in [0.05, 0.1) is 5.69 Å².